The Morgan fingerprint density at radius 3 is 2.35 bits per heavy atom. The molecule has 0 spiro atoms. The maximum Gasteiger partial charge on any atom is 0.234 e. The van der Waals surface area contributed by atoms with Gasteiger partial charge in [0.15, 0.2) is 0 Å². The second-order valence-electron chi connectivity index (χ2n) is 4.78. The smallest absolute Gasteiger partial charge is 0.234 e. The highest BCUT2D eigenvalue weighted by Crippen LogP contribution is 2.17. The van der Waals surface area contributed by atoms with Gasteiger partial charge in [-0.25, -0.2) is 0 Å². The Morgan fingerprint density at radius 2 is 1.65 bits per heavy atom. The van der Waals surface area contributed by atoms with Gasteiger partial charge in [-0.15, -0.1) is 11.8 Å². The average molecular weight is 285 g/mol. The molecule has 1 N–H and O–H groups in total. The summed E-state index contributed by atoms with van der Waals surface area (Å²) in [4.78, 5) is 11.9. The first kappa shape index (κ1) is 14.7. The molecule has 0 radical (unpaired) electrons. The van der Waals surface area contributed by atoms with Crippen molar-refractivity contribution in [3.05, 3.63) is 65.2 Å². The van der Waals surface area contributed by atoms with E-state index in [9.17, 15) is 4.79 Å². The lowest BCUT2D eigenvalue weighted by Crippen LogP contribution is -2.14. The van der Waals surface area contributed by atoms with E-state index in [1.807, 2.05) is 43.3 Å². The van der Waals surface area contributed by atoms with Crippen molar-refractivity contribution in [1.29, 1.82) is 0 Å². The van der Waals surface area contributed by atoms with Gasteiger partial charge in [-0.1, -0.05) is 42.5 Å². The molecule has 0 saturated heterocycles. The molecule has 0 bridgehead atoms. The van der Waals surface area contributed by atoms with Crippen LogP contribution in [-0.2, 0) is 10.5 Å². The van der Waals surface area contributed by atoms with E-state index in [0.717, 1.165) is 17.0 Å². The lowest BCUT2D eigenvalue weighted by atomic mass is 10.1. The Morgan fingerprint density at radius 1 is 1.00 bits per heavy atom. The summed E-state index contributed by atoms with van der Waals surface area (Å²) in [5.41, 5.74) is 4.55. The van der Waals surface area contributed by atoms with E-state index in [1.165, 1.54) is 11.1 Å². The van der Waals surface area contributed by atoms with Crippen LogP contribution in [0.15, 0.2) is 48.5 Å². The minimum atomic E-state index is 0.0536. The van der Waals surface area contributed by atoms with Crippen LogP contribution in [0.5, 0.6) is 0 Å². The Bertz CT molecular complexity index is 595. The molecule has 0 saturated carbocycles. The summed E-state index contributed by atoms with van der Waals surface area (Å²) in [6.07, 6.45) is 0. The first-order valence-electron chi connectivity index (χ1n) is 6.64. The van der Waals surface area contributed by atoms with Crippen LogP contribution >= 0.6 is 11.8 Å². The average Bonchev–Trinajstić information content (AvgIpc) is 2.43. The van der Waals surface area contributed by atoms with Gasteiger partial charge in [-0.05, 0) is 36.6 Å². The zero-order valence-corrected chi connectivity index (χ0v) is 12.7. The summed E-state index contributed by atoms with van der Waals surface area (Å²) in [7, 11) is 0. The molecule has 2 aromatic carbocycles. The Hall–Kier alpha value is -1.74. The zero-order chi connectivity index (χ0) is 14.4. The minimum Gasteiger partial charge on any atom is -0.325 e. The fourth-order valence-corrected chi connectivity index (χ4v) is 2.83. The van der Waals surface area contributed by atoms with Crippen molar-refractivity contribution in [1.82, 2.24) is 0 Å². The fourth-order valence-electron chi connectivity index (χ4n) is 1.93. The summed E-state index contributed by atoms with van der Waals surface area (Å²) in [6, 6.07) is 16.1. The first-order valence-corrected chi connectivity index (χ1v) is 7.80. The lowest BCUT2D eigenvalue weighted by Gasteiger charge is -2.08. The number of carbonyl (C=O) groups excluding carboxylic acids is 1. The molecule has 0 aliphatic carbocycles. The first-order chi connectivity index (χ1) is 9.66. The van der Waals surface area contributed by atoms with Gasteiger partial charge < -0.3 is 5.32 Å². The molecule has 0 aliphatic rings. The summed E-state index contributed by atoms with van der Waals surface area (Å²) in [6.45, 7) is 4.10. The quantitative estimate of drug-likeness (QED) is 0.893. The molecule has 20 heavy (non-hydrogen) atoms. The normalized spacial score (nSPS) is 10.3. The highest BCUT2D eigenvalue weighted by molar-refractivity contribution is 7.99. The van der Waals surface area contributed by atoms with Gasteiger partial charge in [-0.3, -0.25) is 4.79 Å². The van der Waals surface area contributed by atoms with Gasteiger partial charge in [0.05, 0.1) is 5.75 Å². The molecular weight excluding hydrogens is 266 g/mol. The summed E-state index contributed by atoms with van der Waals surface area (Å²) in [5, 5.41) is 2.95. The number of benzene rings is 2. The van der Waals surface area contributed by atoms with Crippen LogP contribution in [-0.4, -0.2) is 11.7 Å². The molecule has 0 heterocycles. The van der Waals surface area contributed by atoms with Gasteiger partial charge >= 0.3 is 0 Å². The topological polar surface area (TPSA) is 29.1 Å². The van der Waals surface area contributed by atoms with E-state index >= 15 is 0 Å². The van der Waals surface area contributed by atoms with Crippen molar-refractivity contribution in [3.63, 3.8) is 0 Å². The van der Waals surface area contributed by atoms with Crippen LogP contribution < -0.4 is 5.32 Å². The molecule has 0 aromatic heterocycles. The summed E-state index contributed by atoms with van der Waals surface area (Å²) in [5.74, 6) is 1.40. The third-order valence-electron chi connectivity index (χ3n) is 3.17. The van der Waals surface area contributed by atoms with Crippen molar-refractivity contribution in [2.75, 3.05) is 11.1 Å². The van der Waals surface area contributed by atoms with Crippen LogP contribution in [0.4, 0.5) is 5.69 Å². The van der Waals surface area contributed by atoms with Gasteiger partial charge in [-0.2, -0.15) is 0 Å². The van der Waals surface area contributed by atoms with E-state index in [-0.39, 0.29) is 5.91 Å². The molecule has 2 rings (SSSR count). The predicted octanol–water partition coefficient (Wildman–Crippen LogP) is 4.18. The van der Waals surface area contributed by atoms with Crippen LogP contribution in [0.2, 0.25) is 0 Å². The molecular formula is C17H19NOS. The van der Waals surface area contributed by atoms with Gasteiger partial charge in [0, 0.05) is 11.4 Å². The summed E-state index contributed by atoms with van der Waals surface area (Å²) < 4.78 is 0. The van der Waals surface area contributed by atoms with Crippen molar-refractivity contribution < 1.29 is 4.79 Å². The number of rotatable bonds is 5. The van der Waals surface area contributed by atoms with E-state index in [2.05, 4.69) is 24.4 Å². The van der Waals surface area contributed by atoms with Crippen molar-refractivity contribution in [3.8, 4) is 0 Å². The molecule has 104 valence electrons. The number of anilines is 1. The van der Waals surface area contributed by atoms with Gasteiger partial charge in [0.1, 0.15) is 0 Å². The number of hydrogen-bond donors (Lipinski definition) is 1. The van der Waals surface area contributed by atoms with E-state index in [0.29, 0.717) is 5.75 Å². The third-order valence-corrected chi connectivity index (χ3v) is 4.15. The van der Waals surface area contributed by atoms with Crippen LogP contribution in [0.3, 0.4) is 0 Å². The number of amides is 1. The standard InChI is InChI=1S/C17H19NOS/c1-13-7-3-5-9-15(13)11-20-12-17(19)18-16-10-6-4-8-14(16)2/h3-10H,11-12H2,1-2H3,(H,18,19). The van der Waals surface area contributed by atoms with Gasteiger partial charge in [0.25, 0.3) is 0 Å². The van der Waals surface area contributed by atoms with E-state index in [1.54, 1.807) is 11.8 Å². The van der Waals surface area contributed by atoms with Crippen molar-refractivity contribution in [2.45, 2.75) is 19.6 Å². The Labute approximate surface area is 124 Å². The maximum atomic E-state index is 11.9. The molecule has 0 aliphatic heterocycles. The molecule has 0 unspecified atom stereocenters. The molecule has 0 fully saturated rings. The fraction of sp³-hybridized carbons (Fsp3) is 0.235. The lowest BCUT2D eigenvalue weighted by molar-refractivity contribution is -0.113. The molecule has 1 amide bonds. The second kappa shape index (κ2) is 7.15. The highest BCUT2D eigenvalue weighted by atomic mass is 32.2. The SMILES string of the molecule is Cc1ccccc1CSCC(=O)Nc1ccccc1C. The number of carbonyl (C=O) groups is 1. The third kappa shape index (κ3) is 4.14. The van der Waals surface area contributed by atoms with Gasteiger partial charge in [0.2, 0.25) is 5.91 Å². The number of thioether (sulfide) groups is 1. The van der Waals surface area contributed by atoms with E-state index in [4.69, 9.17) is 0 Å². The number of hydrogen-bond acceptors (Lipinski definition) is 2. The van der Waals surface area contributed by atoms with Crippen LogP contribution in [0, 0.1) is 13.8 Å². The Kier molecular flexibility index (Phi) is 5.24. The monoisotopic (exact) mass is 285 g/mol. The van der Waals surface area contributed by atoms with Crippen molar-refractivity contribution >= 4 is 23.4 Å². The predicted molar refractivity (Wildman–Crippen MR) is 87.1 cm³/mol. The molecule has 2 aromatic rings. The molecule has 0 atom stereocenters. The summed E-state index contributed by atoms with van der Waals surface area (Å²) >= 11 is 1.64. The number of aryl methyl sites for hydroxylation is 2. The minimum absolute atomic E-state index is 0.0536. The number of para-hydroxylation sites is 1. The van der Waals surface area contributed by atoms with Crippen LogP contribution in [0.25, 0.3) is 0 Å². The highest BCUT2D eigenvalue weighted by Gasteiger charge is 2.05. The molecule has 3 heteroatoms. The second-order valence-corrected chi connectivity index (χ2v) is 5.77. The maximum absolute atomic E-state index is 11.9. The van der Waals surface area contributed by atoms with Crippen molar-refractivity contribution in [2.24, 2.45) is 0 Å². The van der Waals surface area contributed by atoms with E-state index < -0.39 is 0 Å². The zero-order valence-electron chi connectivity index (χ0n) is 11.8. The molecule has 2 nitrogen and oxygen atoms in total. The Balaban J connectivity index is 1.82. The number of nitrogens with one attached hydrogen (secondary N) is 1. The largest absolute Gasteiger partial charge is 0.325 e. The van der Waals surface area contributed by atoms with Crippen LogP contribution in [0.1, 0.15) is 16.7 Å².